The predicted octanol–water partition coefficient (Wildman–Crippen LogP) is 5.99. The molecule has 1 aliphatic rings. The molecule has 0 bridgehead atoms. The van der Waals surface area contributed by atoms with E-state index in [-0.39, 0.29) is 24.4 Å². The van der Waals surface area contributed by atoms with Crippen LogP contribution in [0.5, 0.6) is 11.5 Å². The lowest BCUT2D eigenvalue weighted by atomic mass is 9.88. The van der Waals surface area contributed by atoms with Crippen LogP contribution < -0.4 is 14.8 Å². The van der Waals surface area contributed by atoms with Gasteiger partial charge in [-0.3, -0.25) is 9.69 Å². The van der Waals surface area contributed by atoms with Gasteiger partial charge in [0.2, 0.25) is 5.91 Å². The van der Waals surface area contributed by atoms with Gasteiger partial charge in [-0.05, 0) is 53.8 Å². The Balaban J connectivity index is 1.49. The van der Waals surface area contributed by atoms with Gasteiger partial charge in [0.25, 0.3) is 0 Å². The molecule has 4 rings (SSSR count). The number of likely N-dealkylation sites (tertiary alicyclic amines) is 1. The molecule has 1 fully saturated rings. The molecule has 37 heavy (non-hydrogen) atoms. The quantitative estimate of drug-likeness (QED) is 0.403. The monoisotopic (exact) mass is 512 g/mol. The summed E-state index contributed by atoms with van der Waals surface area (Å²) in [5.74, 6) is 0.950. The number of carbonyl (C=O) groups excluding carboxylic acids is 1. The maximum atomic E-state index is 13.1. The zero-order valence-corrected chi connectivity index (χ0v) is 20.9. The highest BCUT2D eigenvalue weighted by Crippen LogP contribution is 2.36. The van der Waals surface area contributed by atoms with Crippen molar-refractivity contribution in [1.82, 2.24) is 10.2 Å². The largest absolute Gasteiger partial charge is 0.497 e. The number of piperidine rings is 1. The van der Waals surface area contributed by atoms with Gasteiger partial charge in [-0.1, -0.05) is 42.5 Å². The summed E-state index contributed by atoms with van der Waals surface area (Å²) >= 11 is 0. The van der Waals surface area contributed by atoms with Crippen molar-refractivity contribution in [2.24, 2.45) is 5.92 Å². The zero-order chi connectivity index (χ0) is 26.4. The van der Waals surface area contributed by atoms with E-state index in [1.165, 1.54) is 11.6 Å². The van der Waals surface area contributed by atoms with Gasteiger partial charge in [-0.15, -0.1) is 0 Å². The Hall–Kier alpha value is -3.52. The van der Waals surface area contributed by atoms with Crippen LogP contribution in [0.15, 0.2) is 72.8 Å². The minimum atomic E-state index is -4.42. The van der Waals surface area contributed by atoms with Crippen LogP contribution in [0.2, 0.25) is 0 Å². The molecule has 3 aromatic carbocycles. The van der Waals surface area contributed by atoms with Crippen LogP contribution in [0.3, 0.4) is 0 Å². The summed E-state index contributed by atoms with van der Waals surface area (Å²) in [5.41, 5.74) is 1.88. The van der Waals surface area contributed by atoms with Crippen molar-refractivity contribution in [3.8, 4) is 11.5 Å². The molecule has 2 atom stereocenters. The van der Waals surface area contributed by atoms with E-state index in [0.717, 1.165) is 24.1 Å². The average molecular weight is 513 g/mol. The minimum absolute atomic E-state index is 0.0500. The summed E-state index contributed by atoms with van der Waals surface area (Å²) in [4.78, 5) is 15.4. The van der Waals surface area contributed by atoms with Crippen molar-refractivity contribution in [3.63, 3.8) is 0 Å². The summed E-state index contributed by atoms with van der Waals surface area (Å²) in [7, 11) is 3.22. The number of carbonyl (C=O) groups is 1. The van der Waals surface area contributed by atoms with Gasteiger partial charge in [-0.2, -0.15) is 13.2 Å². The molecule has 3 aromatic rings. The Morgan fingerprint density at radius 2 is 1.62 bits per heavy atom. The summed E-state index contributed by atoms with van der Waals surface area (Å²) in [6, 6.07) is 21.1. The molecule has 0 unspecified atom stereocenters. The lowest BCUT2D eigenvalue weighted by molar-refractivity contribution is -0.137. The van der Waals surface area contributed by atoms with Crippen LogP contribution in [0.25, 0.3) is 0 Å². The van der Waals surface area contributed by atoms with Crippen LogP contribution in [-0.4, -0.2) is 31.6 Å². The number of nitrogens with one attached hydrogen (secondary N) is 1. The smallest absolute Gasteiger partial charge is 0.416 e. The number of ether oxygens (including phenoxy) is 2. The molecule has 0 aliphatic carbocycles. The Bertz CT molecular complexity index is 1180. The van der Waals surface area contributed by atoms with Crippen molar-refractivity contribution < 1.29 is 27.4 Å². The van der Waals surface area contributed by atoms with Crippen LogP contribution in [0, 0.1) is 5.92 Å². The number of rotatable bonds is 8. The number of benzene rings is 3. The van der Waals surface area contributed by atoms with Crippen molar-refractivity contribution in [1.29, 1.82) is 0 Å². The second-order valence-corrected chi connectivity index (χ2v) is 9.27. The first-order valence-electron chi connectivity index (χ1n) is 12.2. The number of hydrogen-bond acceptors (Lipinski definition) is 4. The van der Waals surface area contributed by atoms with Crippen molar-refractivity contribution in [2.75, 3.05) is 20.8 Å². The molecule has 1 amide bonds. The van der Waals surface area contributed by atoms with Gasteiger partial charge in [-0.25, -0.2) is 0 Å². The van der Waals surface area contributed by atoms with Gasteiger partial charge in [0.1, 0.15) is 11.5 Å². The van der Waals surface area contributed by atoms with E-state index in [1.54, 1.807) is 20.3 Å². The van der Waals surface area contributed by atoms with Gasteiger partial charge in [0.05, 0.1) is 25.7 Å². The maximum absolute atomic E-state index is 13.1. The van der Waals surface area contributed by atoms with Crippen LogP contribution in [-0.2, 0) is 24.1 Å². The molecule has 0 spiro atoms. The molecule has 0 saturated carbocycles. The highest BCUT2D eigenvalue weighted by atomic mass is 19.4. The second-order valence-electron chi connectivity index (χ2n) is 9.27. The fraction of sp³-hybridized carbons (Fsp3) is 0.345. The van der Waals surface area contributed by atoms with E-state index in [4.69, 9.17) is 9.47 Å². The second kappa shape index (κ2) is 11.7. The normalized spacial score (nSPS) is 18.3. The molecule has 0 aromatic heterocycles. The number of amides is 1. The van der Waals surface area contributed by atoms with E-state index in [1.807, 2.05) is 36.4 Å². The Morgan fingerprint density at radius 1 is 0.919 bits per heavy atom. The molecule has 1 aliphatic heterocycles. The Labute approximate surface area is 215 Å². The molecular weight excluding hydrogens is 481 g/mol. The lowest BCUT2D eigenvalue weighted by Gasteiger charge is -2.39. The third-order valence-electron chi connectivity index (χ3n) is 6.76. The van der Waals surface area contributed by atoms with Crippen molar-refractivity contribution in [3.05, 3.63) is 95.1 Å². The molecule has 196 valence electrons. The van der Waals surface area contributed by atoms with Gasteiger partial charge in [0.15, 0.2) is 0 Å². The van der Waals surface area contributed by atoms with Gasteiger partial charge in [0, 0.05) is 31.7 Å². The van der Waals surface area contributed by atoms with Gasteiger partial charge >= 0.3 is 6.18 Å². The number of halogens is 3. The van der Waals surface area contributed by atoms with E-state index < -0.39 is 11.7 Å². The van der Waals surface area contributed by atoms with Crippen LogP contribution >= 0.6 is 0 Å². The molecular formula is C29H31F3N2O3. The minimum Gasteiger partial charge on any atom is -0.497 e. The van der Waals surface area contributed by atoms with E-state index in [0.29, 0.717) is 36.6 Å². The third kappa shape index (κ3) is 6.83. The first-order chi connectivity index (χ1) is 17.8. The first-order valence-corrected chi connectivity index (χ1v) is 12.2. The van der Waals surface area contributed by atoms with E-state index in [2.05, 4.69) is 22.3 Å². The summed E-state index contributed by atoms with van der Waals surface area (Å²) < 4.78 is 50.0. The molecule has 1 heterocycles. The molecule has 8 heteroatoms. The maximum Gasteiger partial charge on any atom is 0.416 e. The fourth-order valence-electron chi connectivity index (χ4n) is 4.87. The third-order valence-corrected chi connectivity index (χ3v) is 6.76. The van der Waals surface area contributed by atoms with Crippen LogP contribution in [0.1, 0.15) is 41.1 Å². The number of methoxy groups -OCH3 is 2. The summed E-state index contributed by atoms with van der Waals surface area (Å²) in [6.45, 7) is 1.16. The van der Waals surface area contributed by atoms with E-state index >= 15 is 0 Å². The molecule has 0 radical (unpaired) electrons. The summed E-state index contributed by atoms with van der Waals surface area (Å²) in [5, 5.41) is 2.85. The molecule has 5 nitrogen and oxygen atoms in total. The highest BCUT2D eigenvalue weighted by Gasteiger charge is 2.33. The van der Waals surface area contributed by atoms with Crippen molar-refractivity contribution >= 4 is 5.91 Å². The predicted molar refractivity (Wildman–Crippen MR) is 135 cm³/mol. The van der Waals surface area contributed by atoms with Crippen LogP contribution in [0.4, 0.5) is 13.2 Å². The first kappa shape index (κ1) is 26.5. The number of nitrogens with zero attached hydrogens (tertiary/aromatic N) is 1. The Morgan fingerprint density at radius 3 is 2.27 bits per heavy atom. The molecule has 1 saturated heterocycles. The SMILES string of the molecule is COc1cc(CN2C[C@H](C(=O)NCc3cccc(C(F)(F)F)c3)CC[C@@H]2c2ccccc2)cc(OC)c1. The highest BCUT2D eigenvalue weighted by molar-refractivity contribution is 5.79. The lowest BCUT2D eigenvalue weighted by Crippen LogP contribution is -2.44. The topological polar surface area (TPSA) is 50.8 Å². The fourth-order valence-corrected chi connectivity index (χ4v) is 4.87. The standard InChI is InChI=1S/C29H31F3N2O3/c1-36-25-14-21(15-26(16-25)37-2)18-34-19-23(11-12-27(34)22-8-4-3-5-9-22)28(35)33-17-20-7-6-10-24(13-20)29(30,31)32/h3-10,13-16,23,27H,11-12,17-19H2,1-2H3,(H,33,35)/t23-,27-/m1/s1. The summed E-state index contributed by atoms with van der Waals surface area (Å²) in [6.07, 6.45) is -2.95. The van der Waals surface area contributed by atoms with E-state index in [9.17, 15) is 18.0 Å². The Kier molecular flexibility index (Phi) is 8.38. The van der Waals surface area contributed by atoms with Crippen molar-refractivity contribution in [2.45, 2.75) is 38.1 Å². The number of hydrogen-bond donors (Lipinski definition) is 1. The average Bonchev–Trinajstić information content (AvgIpc) is 2.91. The molecule has 1 N–H and O–H groups in total. The number of alkyl halides is 3. The van der Waals surface area contributed by atoms with Gasteiger partial charge < -0.3 is 14.8 Å². The zero-order valence-electron chi connectivity index (χ0n) is 20.9.